The molecule has 3 N–H and O–H groups in total. The number of anilines is 2. The number of halogens is 2. The molecule has 0 bridgehead atoms. The molecule has 1 fully saturated rings. The number of benzene rings is 2. The zero-order chi connectivity index (χ0) is 20.1. The maximum atomic E-state index is 12.6. The van der Waals surface area contributed by atoms with E-state index in [4.69, 9.17) is 27.9 Å². The van der Waals surface area contributed by atoms with E-state index in [0.717, 1.165) is 43.2 Å². The molecule has 1 saturated heterocycles. The van der Waals surface area contributed by atoms with Gasteiger partial charge in [0.25, 0.3) is 5.91 Å². The van der Waals surface area contributed by atoms with E-state index in [1.54, 1.807) is 6.07 Å². The topological polar surface area (TPSA) is 58.2 Å². The molecule has 1 amide bonds. The van der Waals surface area contributed by atoms with Crippen LogP contribution >= 0.6 is 23.2 Å². The van der Waals surface area contributed by atoms with Gasteiger partial charge in [-0.2, -0.15) is 0 Å². The molecule has 2 aromatic carbocycles. The Morgan fingerprint density at radius 2 is 1.79 bits per heavy atom. The number of hydrogen-bond acceptors (Lipinski definition) is 3. The molecule has 3 rings (SSSR count). The monoisotopic (exact) mass is 422 g/mol. The van der Waals surface area contributed by atoms with Crippen molar-refractivity contribution in [1.82, 2.24) is 0 Å². The number of quaternary nitrogens is 1. The van der Waals surface area contributed by atoms with Crippen molar-refractivity contribution in [3.8, 4) is 0 Å². The summed E-state index contributed by atoms with van der Waals surface area (Å²) in [5, 5.41) is 6.19. The van der Waals surface area contributed by atoms with E-state index >= 15 is 0 Å². The zero-order valence-electron chi connectivity index (χ0n) is 16.1. The molecule has 150 valence electrons. The summed E-state index contributed by atoms with van der Waals surface area (Å²) in [5.41, 5.74) is 2.90. The van der Waals surface area contributed by atoms with Crippen LogP contribution in [-0.2, 0) is 9.53 Å². The number of morpholine rings is 1. The van der Waals surface area contributed by atoms with Crippen LogP contribution in [0.3, 0.4) is 0 Å². The standard InChI is InChI=1S/C21H25Cl2N3O2/c1-14(19-8-3-16(22)13-20(19)23)24-15(2)21(27)25-17-4-6-18(7-5-17)26-9-11-28-12-10-26/h3-8,13-15,24H,9-12H2,1-2H3,(H,25,27)/p+1/t14-,15-/m0/s1. The fraction of sp³-hybridized carbons (Fsp3) is 0.381. The highest BCUT2D eigenvalue weighted by atomic mass is 35.5. The first-order chi connectivity index (χ1) is 13.4. The number of hydrogen-bond donors (Lipinski definition) is 2. The van der Waals surface area contributed by atoms with Crippen LogP contribution in [0.4, 0.5) is 11.4 Å². The molecule has 5 nitrogen and oxygen atoms in total. The molecule has 0 saturated carbocycles. The third-order valence-corrected chi connectivity index (χ3v) is 5.52. The van der Waals surface area contributed by atoms with Gasteiger partial charge in [-0.25, -0.2) is 0 Å². The summed E-state index contributed by atoms with van der Waals surface area (Å²) >= 11 is 12.2. The average Bonchev–Trinajstić information content (AvgIpc) is 2.69. The second-order valence-corrected chi connectivity index (χ2v) is 7.91. The first-order valence-electron chi connectivity index (χ1n) is 9.47. The maximum absolute atomic E-state index is 12.6. The first kappa shape index (κ1) is 20.9. The van der Waals surface area contributed by atoms with Gasteiger partial charge in [-0.3, -0.25) is 4.79 Å². The molecular formula is C21H26Cl2N3O2+. The molecule has 0 unspecified atom stereocenters. The van der Waals surface area contributed by atoms with Gasteiger partial charge in [-0.15, -0.1) is 0 Å². The first-order valence-corrected chi connectivity index (χ1v) is 10.2. The van der Waals surface area contributed by atoms with Crippen molar-refractivity contribution in [2.45, 2.75) is 25.9 Å². The molecule has 0 spiro atoms. The molecule has 1 aliphatic rings. The minimum Gasteiger partial charge on any atom is -0.378 e. The fourth-order valence-electron chi connectivity index (χ4n) is 3.33. The third kappa shape index (κ3) is 5.39. The molecule has 7 heteroatoms. The van der Waals surface area contributed by atoms with Gasteiger partial charge in [-0.05, 0) is 50.2 Å². The number of carbonyl (C=O) groups is 1. The van der Waals surface area contributed by atoms with E-state index in [1.165, 1.54) is 0 Å². The molecule has 1 aliphatic heterocycles. The van der Waals surface area contributed by atoms with Crippen LogP contribution in [0.5, 0.6) is 0 Å². The third-order valence-electron chi connectivity index (χ3n) is 4.96. The molecular weight excluding hydrogens is 397 g/mol. The lowest BCUT2D eigenvalue weighted by molar-refractivity contribution is -0.709. The lowest BCUT2D eigenvalue weighted by Gasteiger charge is -2.29. The smallest absolute Gasteiger partial charge is 0.282 e. The summed E-state index contributed by atoms with van der Waals surface area (Å²) in [4.78, 5) is 14.9. The van der Waals surface area contributed by atoms with Gasteiger partial charge in [0.2, 0.25) is 0 Å². The van der Waals surface area contributed by atoms with Crippen molar-refractivity contribution in [3.05, 3.63) is 58.1 Å². The Kier molecular flexibility index (Phi) is 7.18. The summed E-state index contributed by atoms with van der Waals surface area (Å²) in [6.07, 6.45) is 0. The molecule has 1 heterocycles. The van der Waals surface area contributed by atoms with Crippen molar-refractivity contribution >= 4 is 40.5 Å². The Balaban J connectivity index is 1.56. The van der Waals surface area contributed by atoms with Gasteiger partial charge >= 0.3 is 0 Å². The summed E-state index contributed by atoms with van der Waals surface area (Å²) < 4.78 is 5.38. The van der Waals surface area contributed by atoms with E-state index in [-0.39, 0.29) is 18.0 Å². The highest BCUT2D eigenvalue weighted by molar-refractivity contribution is 6.35. The Bertz CT molecular complexity index is 808. The van der Waals surface area contributed by atoms with E-state index in [0.29, 0.717) is 10.0 Å². The Hall–Kier alpha value is -1.79. The van der Waals surface area contributed by atoms with Crippen molar-refractivity contribution in [2.24, 2.45) is 0 Å². The van der Waals surface area contributed by atoms with Crippen LogP contribution in [0.2, 0.25) is 10.0 Å². The van der Waals surface area contributed by atoms with E-state index in [9.17, 15) is 4.79 Å². The normalized spacial score (nSPS) is 16.5. The Morgan fingerprint density at radius 3 is 2.43 bits per heavy atom. The number of ether oxygens (including phenoxy) is 1. The lowest BCUT2D eigenvalue weighted by atomic mass is 10.1. The number of amides is 1. The predicted octanol–water partition coefficient (Wildman–Crippen LogP) is 3.48. The molecule has 0 radical (unpaired) electrons. The number of nitrogens with zero attached hydrogens (tertiary/aromatic N) is 1. The highest BCUT2D eigenvalue weighted by Gasteiger charge is 2.22. The van der Waals surface area contributed by atoms with E-state index < -0.39 is 0 Å². The quantitative estimate of drug-likeness (QED) is 0.748. The second kappa shape index (κ2) is 9.61. The van der Waals surface area contributed by atoms with Crippen molar-refractivity contribution in [2.75, 3.05) is 36.5 Å². The maximum Gasteiger partial charge on any atom is 0.282 e. The number of rotatable bonds is 6. The summed E-state index contributed by atoms with van der Waals surface area (Å²) in [6, 6.07) is 13.2. The van der Waals surface area contributed by atoms with Crippen LogP contribution in [0, 0.1) is 0 Å². The van der Waals surface area contributed by atoms with Gasteiger partial charge in [0.05, 0.1) is 18.2 Å². The Morgan fingerprint density at radius 1 is 1.11 bits per heavy atom. The van der Waals surface area contributed by atoms with E-state index in [2.05, 4.69) is 10.2 Å². The minimum absolute atomic E-state index is 0.0363. The highest BCUT2D eigenvalue weighted by Crippen LogP contribution is 2.24. The van der Waals surface area contributed by atoms with Crippen LogP contribution < -0.4 is 15.5 Å². The van der Waals surface area contributed by atoms with Crippen LogP contribution in [0.1, 0.15) is 25.5 Å². The largest absolute Gasteiger partial charge is 0.378 e. The molecule has 28 heavy (non-hydrogen) atoms. The molecule has 0 aromatic heterocycles. The van der Waals surface area contributed by atoms with Crippen molar-refractivity contribution < 1.29 is 14.8 Å². The number of nitrogens with one attached hydrogen (secondary N) is 1. The van der Waals surface area contributed by atoms with Gasteiger partial charge in [0, 0.05) is 35.1 Å². The molecule has 2 aromatic rings. The molecule has 0 aliphatic carbocycles. The van der Waals surface area contributed by atoms with Crippen LogP contribution in [-0.4, -0.2) is 38.3 Å². The van der Waals surface area contributed by atoms with Gasteiger partial charge < -0.3 is 20.3 Å². The van der Waals surface area contributed by atoms with Crippen LogP contribution in [0.25, 0.3) is 0 Å². The van der Waals surface area contributed by atoms with Gasteiger partial charge in [0.15, 0.2) is 6.04 Å². The summed E-state index contributed by atoms with van der Waals surface area (Å²) in [5.74, 6) is -0.0453. The number of nitrogens with two attached hydrogens (primary N) is 1. The predicted molar refractivity (Wildman–Crippen MR) is 114 cm³/mol. The Labute approximate surface area is 176 Å². The average molecular weight is 423 g/mol. The van der Waals surface area contributed by atoms with Crippen molar-refractivity contribution in [1.29, 1.82) is 0 Å². The van der Waals surface area contributed by atoms with E-state index in [1.807, 2.05) is 55.6 Å². The summed E-state index contributed by atoms with van der Waals surface area (Å²) in [6.45, 7) is 7.20. The van der Waals surface area contributed by atoms with Gasteiger partial charge in [0.1, 0.15) is 6.04 Å². The molecule has 2 atom stereocenters. The zero-order valence-corrected chi connectivity index (χ0v) is 17.6. The lowest BCUT2D eigenvalue weighted by Crippen LogP contribution is -2.91. The van der Waals surface area contributed by atoms with Gasteiger partial charge in [-0.1, -0.05) is 29.3 Å². The van der Waals surface area contributed by atoms with Crippen molar-refractivity contribution in [3.63, 3.8) is 0 Å². The second-order valence-electron chi connectivity index (χ2n) is 7.07. The SMILES string of the molecule is C[C@H]([NH2+][C@@H](C)c1ccc(Cl)cc1Cl)C(=O)Nc1ccc(N2CCOCC2)cc1. The summed E-state index contributed by atoms with van der Waals surface area (Å²) in [7, 11) is 0. The fourth-order valence-corrected chi connectivity index (χ4v) is 3.91. The minimum atomic E-state index is -0.263. The van der Waals surface area contributed by atoms with Crippen LogP contribution in [0.15, 0.2) is 42.5 Å². The number of carbonyl (C=O) groups excluding carboxylic acids is 1.